The molecular formula is C33H41FN8O3. The lowest BCUT2D eigenvalue weighted by molar-refractivity contribution is -0.127. The van der Waals surface area contributed by atoms with E-state index in [0.717, 1.165) is 59.6 Å². The lowest BCUT2D eigenvalue weighted by Gasteiger charge is -2.38. The number of aromatic nitrogens is 4. The number of ether oxygens (including phenoxy) is 1. The number of carbonyl (C=O) groups excluding carboxylic acids is 2. The zero-order valence-electron chi connectivity index (χ0n) is 26.3. The Labute approximate surface area is 261 Å². The molecule has 12 heteroatoms. The monoisotopic (exact) mass is 616 g/mol. The molecule has 1 aromatic carbocycles. The smallest absolute Gasteiger partial charge is 0.268 e. The molecule has 4 heterocycles. The number of imidazole rings is 1. The van der Waals surface area contributed by atoms with Crippen LogP contribution in [-0.2, 0) is 18.4 Å². The van der Waals surface area contributed by atoms with E-state index in [0.29, 0.717) is 48.7 Å². The van der Waals surface area contributed by atoms with Gasteiger partial charge >= 0.3 is 0 Å². The average molecular weight is 617 g/mol. The highest BCUT2D eigenvalue weighted by molar-refractivity contribution is 6.00. The highest BCUT2D eigenvalue weighted by Crippen LogP contribution is 2.46. The fraction of sp³-hybridized carbons (Fsp3) is 0.515. The van der Waals surface area contributed by atoms with Crippen LogP contribution in [0.25, 0.3) is 33.6 Å². The van der Waals surface area contributed by atoms with Crippen molar-refractivity contribution in [3.8, 4) is 17.3 Å². The highest BCUT2D eigenvalue weighted by Gasteiger charge is 2.50. The van der Waals surface area contributed by atoms with Gasteiger partial charge in [-0.25, -0.2) is 19.4 Å². The number of nitrogens with one attached hydrogen (secondary N) is 1. The molecule has 0 bridgehead atoms. The maximum Gasteiger partial charge on any atom is 0.268 e. The highest BCUT2D eigenvalue weighted by atomic mass is 19.1. The van der Waals surface area contributed by atoms with Crippen molar-refractivity contribution < 1.29 is 18.7 Å². The first-order chi connectivity index (χ1) is 21.6. The van der Waals surface area contributed by atoms with Crippen molar-refractivity contribution in [3.63, 3.8) is 0 Å². The maximum atomic E-state index is 13.6. The molecule has 2 amide bonds. The van der Waals surface area contributed by atoms with Crippen molar-refractivity contribution in [3.05, 3.63) is 41.6 Å². The van der Waals surface area contributed by atoms with Gasteiger partial charge in [0.15, 0.2) is 5.82 Å². The Bertz CT molecular complexity index is 1810. The first kappa shape index (κ1) is 29.7. The van der Waals surface area contributed by atoms with Crippen LogP contribution in [0.4, 0.5) is 4.39 Å². The van der Waals surface area contributed by atoms with Gasteiger partial charge in [-0.05, 0) is 75.3 Å². The third kappa shape index (κ3) is 5.23. The van der Waals surface area contributed by atoms with Gasteiger partial charge in [0.05, 0.1) is 42.0 Å². The normalized spacial score (nSPS) is 20.5. The van der Waals surface area contributed by atoms with Crippen LogP contribution in [-0.4, -0.2) is 80.9 Å². The predicted octanol–water partition coefficient (Wildman–Crippen LogP) is 3.96. The SMILES string of the molecule is COc1cc(C(=O)N2C[C@H](N)CCN2C)cc2nc(-c3cc4ccc([C@@H](C)NC(=O)C5(CF)CC5)nc4n3CC3CC3)n(C)c12. The van der Waals surface area contributed by atoms with E-state index < -0.39 is 12.1 Å². The Balaban J connectivity index is 1.28. The lowest BCUT2D eigenvalue weighted by Crippen LogP contribution is -2.55. The molecule has 3 aliphatic rings. The number of benzene rings is 1. The number of rotatable bonds is 9. The quantitative estimate of drug-likeness (QED) is 0.292. The first-order valence-corrected chi connectivity index (χ1v) is 15.8. The summed E-state index contributed by atoms with van der Waals surface area (Å²) < 4.78 is 23.5. The Hall–Kier alpha value is -4.03. The summed E-state index contributed by atoms with van der Waals surface area (Å²) in [4.78, 5) is 36.5. The number of pyridine rings is 1. The van der Waals surface area contributed by atoms with Crippen molar-refractivity contribution in [1.29, 1.82) is 0 Å². The van der Waals surface area contributed by atoms with Crippen LogP contribution < -0.4 is 15.8 Å². The Morgan fingerprint density at radius 2 is 1.93 bits per heavy atom. The average Bonchev–Trinajstić information content (AvgIpc) is 3.96. The van der Waals surface area contributed by atoms with Crippen molar-refractivity contribution in [1.82, 2.24) is 34.4 Å². The van der Waals surface area contributed by atoms with Gasteiger partial charge in [0, 0.05) is 44.2 Å². The van der Waals surface area contributed by atoms with Crippen molar-refractivity contribution >= 4 is 33.9 Å². The number of amides is 2. The Morgan fingerprint density at radius 1 is 1.16 bits per heavy atom. The van der Waals surface area contributed by atoms with Gasteiger partial charge in [-0.3, -0.25) is 14.6 Å². The molecule has 238 valence electrons. The van der Waals surface area contributed by atoms with Crippen LogP contribution in [0, 0.1) is 11.3 Å². The second kappa shape index (κ2) is 11.1. The number of hydrazine groups is 1. The summed E-state index contributed by atoms with van der Waals surface area (Å²) in [6.45, 7) is 3.23. The number of carbonyl (C=O) groups is 2. The molecule has 2 atom stereocenters. The van der Waals surface area contributed by atoms with Crippen LogP contribution in [0.5, 0.6) is 5.75 Å². The zero-order chi connectivity index (χ0) is 31.6. The van der Waals surface area contributed by atoms with E-state index in [1.54, 1.807) is 18.2 Å². The molecule has 0 spiro atoms. The third-order valence-corrected chi connectivity index (χ3v) is 9.79. The molecule has 11 nitrogen and oxygen atoms in total. The number of halogens is 1. The molecule has 2 saturated carbocycles. The molecular weight excluding hydrogens is 575 g/mol. The molecule has 1 aliphatic heterocycles. The summed E-state index contributed by atoms with van der Waals surface area (Å²) in [5.74, 6) is 1.49. The van der Waals surface area contributed by atoms with E-state index >= 15 is 0 Å². The maximum absolute atomic E-state index is 13.6. The minimum Gasteiger partial charge on any atom is -0.494 e. The fourth-order valence-electron chi connectivity index (χ4n) is 6.44. The van der Waals surface area contributed by atoms with Crippen molar-refractivity contribution in [2.75, 3.05) is 33.9 Å². The number of nitrogens with two attached hydrogens (primary N) is 1. The van der Waals surface area contributed by atoms with Crippen LogP contribution in [0.2, 0.25) is 0 Å². The summed E-state index contributed by atoms with van der Waals surface area (Å²) >= 11 is 0. The number of fused-ring (bicyclic) bond motifs is 2. The van der Waals surface area contributed by atoms with Gasteiger partial charge in [0.2, 0.25) is 5.91 Å². The second-order valence-electron chi connectivity index (χ2n) is 13.2. The first-order valence-electron chi connectivity index (χ1n) is 15.8. The molecule has 1 saturated heterocycles. The molecule has 0 radical (unpaired) electrons. The van der Waals surface area contributed by atoms with Gasteiger partial charge < -0.3 is 24.9 Å². The van der Waals surface area contributed by atoms with E-state index in [-0.39, 0.29) is 23.9 Å². The standard InChI is InChI=1S/C33H41FN8O3/c1-19(36-32(44)33(18-34)10-11-33)24-8-7-21-14-26(41(29(21)37-24)16-20-5-6-20)30-38-25-13-22(15-27(45-4)28(25)40(30)3)31(43)42-17-23(35)9-12-39(42)2/h7-8,13-15,19-20,23H,5-6,9-12,16-18,35H2,1-4H3,(H,36,44)/t19-,23-/m1/s1. The molecule has 3 N–H and O–H groups in total. The lowest BCUT2D eigenvalue weighted by atomic mass is 10.1. The summed E-state index contributed by atoms with van der Waals surface area (Å²) in [6.07, 6.45) is 4.33. The third-order valence-electron chi connectivity index (χ3n) is 9.79. The van der Waals surface area contributed by atoms with E-state index in [2.05, 4.69) is 16.0 Å². The van der Waals surface area contributed by atoms with Crippen LogP contribution in [0.15, 0.2) is 30.3 Å². The number of hydrogen-bond acceptors (Lipinski definition) is 7. The van der Waals surface area contributed by atoms with Gasteiger partial charge in [-0.2, -0.15) is 0 Å². The number of hydrogen-bond donors (Lipinski definition) is 2. The Morgan fingerprint density at radius 3 is 2.62 bits per heavy atom. The molecule has 0 unspecified atom stereocenters. The van der Waals surface area contributed by atoms with Crippen LogP contribution >= 0.6 is 0 Å². The predicted molar refractivity (Wildman–Crippen MR) is 169 cm³/mol. The van der Waals surface area contributed by atoms with Gasteiger partial charge in [0.1, 0.15) is 23.6 Å². The van der Waals surface area contributed by atoms with E-state index in [9.17, 15) is 14.0 Å². The van der Waals surface area contributed by atoms with Gasteiger partial charge in [-0.1, -0.05) is 0 Å². The Kier molecular flexibility index (Phi) is 7.31. The van der Waals surface area contributed by atoms with Crippen LogP contribution in [0.3, 0.4) is 0 Å². The minimum absolute atomic E-state index is 0.0658. The minimum atomic E-state index is -0.861. The number of aryl methyl sites for hydroxylation is 1. The summed E-state index contributed by atoms with van der Waals surface area (Å²) in [5, 5.41) is 7.57. The number of nitrogens with zero attached hydrogens (tertiary/aromatic N) is 6. The van der Waals surface area contributed by atoms with Gasteiger partial charge in [0.25, 0.3) is 5.91 Å². The summed E-state index contributed by atoms with van der Waals surface area (Å²) in [7, 11) is 5.46. The van der Waals surface area contributed by atoms with Crippen molar-refractivity contribution in [2.45, 2.75) is 57.7 Å². The molecule has 2 aliphatic carbocycles. The summed E-state index contributed by atoms with van der Waals surface area (Å²) in [6, 6.07) is 9.23. The van der Waals surface area contributed by atoms with Crippen molar-refractivity contribution in [2.24, 2.45) is 24.1 Å². The molecule has 4 aromatic rings. The number of alkyl halides is 1. The molecule has 7 rings (SSSR count). The fourth-order valence-corrected chi connectivity index (χ4v) is 6.44. The van der Waals surface area contributed by atoms with E-state index in [4.69, 9.17) is 20.4 Å². The van der Waals surface area contributed by atoms with Gasteiger partial charge in [-0.15, -0.1) is 0 Å². The summed E-state index contributed by atoms with van der Waals surface area (Å²) in [5.41, 5.74) is 9.75. The topological polar surface area (TPSA) is 124 Å². The molecule has 3 aromatic heterocycles. The van der Waals surface area contributed by atoms with E-state index in [1.165, 1.54) is 0 Å². The largest absolute Gasteiger partial charge is 0.494 e. The second-order valence-corrected chi connectivity index (χ2v) is 13.2. The van der Waals surface area contributed by atoms with Crippen LogP contribution in [0.1, 0.15) is 61.1 Å². The molecule has 45 heavy (non-hydrogen) atoms. The number of methoxy groups -OCH3 is 1. The van der Waals surface area contributed by atoms with E-state index in [1.807, 2.05) is 48.8 Å². The molecule has 3 fully saturated rings. The zero-order valence-corrected chi connectivity index (χ0v) is 26.3.